The third kappa shape index (κ3) is 3.63. The summed E-state index contributed by atoms with van der Waals surface area (Å²) < 4.78 is 5.09. The van der Waals surface area contributed by atoms with Gasteiger partial charge >= 0.3 is 5.97 Å². The van der Waals surface area contributed by atoms with Crippen LogP contribution in [0.4, 0.5) is 0 Å². The Hall–Kier alpha value is -0.750. The zero-order valence-electron chi connectivity index (χ0n) is 11.4. The van der Waals surface area contributed by atoms with Gasteiger partial charge in [0.05, 0.1) is 12.6 Å². The van der Waals surface area contributed by atoms with Crippen LogP contribution < -0.4 is 5.32 Å². The number of likely N-dealkylation sites (tertiary alicyclic amines) is 1. The molecule has 19 heavy (non-hydrogen) atoms. The predicted molar refractivity (Wildman–Crippen MR) is 75.1 cm³/mol. The van der Waals surface area contributed by atoms with E-state index in [0.29, 0.717) is 13.2 Å². The summed E-state index contributed by atoms with van der Waals surface area (Å²) in [5, 5.41) is 3.24. The standard InChI is InChI=1S/C13H22N2O3S/c1-2-18-13(17)11-5-3-4-7-15(11)12(16)10-9-19-8-6-14-10/h10-11,14H,2-9H2,1H3. The summed E-state index contributed by atoms with van der Waals surface area (Å²) in [5.74, 6) is 1.65. The van der Waals surface area contributed by atoms with Gasteiger partial charge in [-0.1, -0.05) is 0 Å². The van der Waals surface area contributed by atoms with Gasteiger partial charge < -0.3 is 15.0 Å². The van der Waals surface area contributed by atoms with Crippen LogP contribution >= 0.6 is 11.8 Å². The second-order valence-corrected chi connectivity index (χ2v) is 6.03. The van der Waals surface area contributed by atoms with Crippen molar-refractivity contribution in [2.45, 2.75) is 38.3 Å². The highest BCUT2D eigenvalue weighted by molar-refractivity contribution is 7.99. The molecule has 2 saturated heterocycles. The maximum Gasteiger partial charge on any atom is 0.328 e. The van der Waals surface area contributed by atoms with E-state index in [1.165, 1.54) is 0 Å². The second-order valence-electron chi connectivity index (χ2n) is 4.88. The van der Waals surface area contributed by atoms with Crippen LogP contribution in [0.5, 0.6) is 0 Å². The average molecular weight is 286 g/mol. The number of piperidine rings is 1. The largest absolute Gasteiger partial charge is 0.464 e. The lowest BCUT2D eigenvalue weighted by Crippen LogP contribution is -2.56. The topological polar surface area (TPSA) is 58.6 Å². The number of thioether (sulfide) groups is 1. The number of ether oxygens (including phenoxy) is 1. The van der Waals surface area contributed by atoms with Crippen molar-refractivity contribution < 1.29 is 14.3 Å². The van der Waals surface area contributed by atoms with Crippen molar-refractivity contribution in [1.29, 1.82) is 0 Å². The number of amides is 1. The van der Waals surface area contributed by atoms with Gasteiger partial charge in [-0.05, 0) is 26.2 Å². The van der Waals surface area contributed by atoms with Crippen LogP contribution in [0.2, 0.25) is 0 Å². The van der Waals surface area contributed by atoms with E-state index in [1.807, 2.05) is 0 Å². The predicted octanol–water partition coefficient (Wildman–Crippen LogP) is 0.636. The third-order valence-corrected chi connectivity index (χ3v) is 4.63. The lowest BCUT2D eigenvalue weighted by atomic mass is 10.0. The Kier molecular flexibility index (Phi) is 5.51. The van der Waals surface area contributed by atoms with Crippen LogP contribution in [0, 0.1) is 0 Å². The van der Waals surface area contributed by atoms with Crippen molar-refractivity contribution in [3.05, 3.63) is 0 Å². The zero-order valence-corrected chi connectivity index (χ0v) is 12.2. The Morgan fingerprint density at radius 3 is 2.95 bits per heavy atom. The molecule has 2 rings (SSSR count). The summed E-state index contributed by atoms with van der Waals surface area (Å²) in [7, 11) is 0. The molecule has 0 saturated carbocycles. The quantitative estimate of drug-likeness (QED) is 0.771. The monoisotopic (exact) mass is 286 g/mol. The minimum atomic E-state index is -0.380. The Morgan fingerprint density at radius 2 is 2.26 bits per heavy atom. The van der Waals surface area contributed by atoms with E-state index in [2.05, 4.69) is 5.32 Å². The van der Waals surface area contributed by atoms with E-state index in [-0.39, 0.29) is 24.0 Å². The van der Waals surface area contributed by atoms with Crippen LogP contribution in [0.1, 0.15) is 26.2 Å². The molecule has 2 heterocycles. The number of hydrogen-bond acceptors (Lipinski definition) is 5. The number of nitrogens with zero attached hydrogens (tertiary/aromatic N) is 1. The summed E-state index contributed by atoms with van der Waals surface area (Å²) in [5.41, 5.74) is 0. The van der Waals surface area contributed by atoms with Crippen molar-refractivity contribution in [3.63, 3.8) is 0 Å². The molecule has 0 aromatic carbocycles. The molecule has 2 aliphatic rings. The van der Waals surface area contributed by atoms with Crippen molar-refractivity contribution in [2.24, 2.45) is 0 Å². The molecular formula is C13H22N2O3S. The van der Waals surface area contributed by atoms with Crippen LogP contribution in [-0.4, -0.2) is 60.1 Å². The fourth-order valence-corrected chi connectivity index (χ4v) is 3.53. The lowest BCUT2D eigenvalue weighted by Gasteiger charge is -2.37. The van der Waals surface area contributed by atoms with Crippen molar-refractivity contribution in [2.75, 3.05) is 31.2 Å². The van der Waals surface area contributed by atoms with Crippen molar-refractivity contribution in [1.82, 2.24) is 10.2 Å². The summed E-state index contributed by atoms with van der Waals surface area (Å²) in [6.45, 7) is 3.70. The summed E-state index contributed by atoms with van der Waals surface area (Å²) in [4.78, 5) is 26.2. The fourth-order valence-electron chi connectivity index (χ4n) is 2.60. The summed E-state index contributed by atoms with van der Waals surface area (Å²) in [6, 6.07) is -0.524. The Morgan fingerprint density at radius 1 is 1.42 bits per heavy atom. The van der Waals surface area contributed by atoms with Gasteiger partial charge in [0.1, 0.15) is 6.04 Å². The number of hydrogen-bond donors (Lipinski definition) is 1. The molecule has 2 aliphatic heterocycles. The number of rotatable bonds is 3. The zero-order chi connectivity index (χ0) is 13.7. The highest BCUT2D eigenvalue weighted by Crippen LogP contribution is 2.21. The van der Waals surface area contributed by atoms with Crippen molar-refractivity contribution in [3.8, 4) is 0 Å². The van der Waals surface area contributed by atoms with Gasteiger partial charge in [0.15, 0.2) is 0 Å². The van der Waals surface area contributed by atoms with Gasteiger partial charge in [0.2, 0.25) is 5.91 Å². The van der Waals surface area contributed by atoms with Gasteiger partial charge in [-0.15, -0.1) is 0 Å². The van der Waals surface area contributed by atoms with Gasteiger partial charge in [-0.2, -0.15) is 11.8 Å². The molecule has 108 valence electrons. The molecule has 2 unspecified atom stereocenters. The highest BCUT2D eigenvalue weighted by atomic mass is 32.2. The lowest BCUT2D eigenvalue weighted by molar-refractivity contribution is -0.157. The minimum absolute atomic E-state index is 0.0601. The molecule has 5 nitrogen and oxygen atoms in total. The molecule has 2 atom stereocenters. The third-order valence-electron chi connectivity index (χ3n) is 3.56. The molecule has 1 amide bonds. The maximum absolute atomic E-state index is 12.5. The normalized spacial score (nSPS) is 27.9. The van der Waals surface area contributed by atoms with E-state index in [0.717, 1.165) is 37.3 Å². The van der Waals surface area contributed by atoms with E-state index in [9.17, 15) is 9.59 Å². The minimum Gasteiger partial charge on any atom is -0.464 e. The first-order chi connectivity index (χ1) is 9.24. The van der Waals surface area contributed by atoms with E-state index < -0.39 is 0 Å². The number of nitrogens with one attached hydrogen (secondary N) is 1. The van der Waals surface area contributed by atoms with Crippen LogP contribution in [0.3, 0.4) is 0 Å². The van der Waals surface area contributed by atoms with Crippen LogP contribution in [0.15, 0.2) is 0 Å². The molecule has 0 aromatic heterocycles. The first-order valence-corrected chi connectivity index (χ1v) is 8.17. The highest BCUT2D eigenvalue weighted by Gasteiger charge is 2.36. The molecule has 0 bridgehead atoms. The summed E-state index contributed by atoms with van der Waals surface area (Å²) >= 11 is 1.79. The Bertz CT molecular complexity index is 332. The molecule has 2 fully saturated rings. The molecule has 0 aliphatic carbocycles. The van der Waals surface area contributed by atoms with E-state index in [4.69, 9.17) is 4.74 Å². The first kappa shape index (κ1) is 14.7. The van der Waals surface area contributed by atoms with E-state index in [1.54, 1.807) is 23.6 Å². The molecule has 6 heteroatoms. The molecular weight excluding hydrogens is 264 g/mol. The van der Waals surface area contributed by atoms with Gasteiger partial charge in [-0.3, -0.25) is 4.79 Å². The van der Waals surface area contributed by atoms with Gasteiger partial charge in [0.25, 0.3) is 0 Å². The second kappa shape index (κ2) is 7.14. The van der Waals surface area contributed by atoms with Crippen molar-refractivity contribution >= 4 is 23.6 Å². The van der Waals surface area contributed by atoms with Gasteiger partial charge in [0, 0.05) is 24.6 Å². The smallest absolute Gasteiger partial charge is 0.328 e. The summed E-state index contributed by atoms with van der Waals surface area (Å²) in [6.07, 6.45) is 2.69. The number of esters is 1. The van der Waals surface area contributed by atoms with Crippen LogP contribution in [-0.2, 0) is 14.3 Å². The Balaban J connectivity index is 2.01. The van der Waals surface area contributed by atoms with Gasteiger partial charge in [-0.25, -0.2) is 4.79 Å². The van der Waals surface area contributed by atoms with Crippen LogP contribution in [0.25, 0.3) is 0 Å². The molecule has 0 radical (unpaired) electrons. The molecule has 0 spiro atoms. The number of carbonyl (C=O) groups excluding carboxylic acids is 2. The fraction of sp³-hybridized carbons (Fsp3) is 0.846. The SMILES string of the molecule is CCOC(=O)C1CCCCN1C(=O)C1CSCCN1. The molecule has 1 N–H and O–H groups in total. The Labute approximate surface area is 118 Å². The number of carbonyl (C=O) groups is 2. The first-order valence-electron chi connectivity index (χ1n) is 7.02. The van der Waals surface area contributed by atoms with E-state index >= 15 is 0 Å². The average Bonchev–Trinajstić information content (AvgIpc) is 2.47. The molecule has 0 aromatic rings. The maximum atomic E-state index is 12.5.